The Bertz CT molecular complexity index is 521. The van der Waals surface area contributed by atoms with Gasteiger partial charge in [0.25, 0.3) is 0 Å². The fourth-order valence-corrected chi connectivity index (χ4v) is 3.03. The van der Waals surface area contributed by atoms with Crippen LogP contribution < -0.4 is 5.32 Å². The zero-order valence-electron chi connectivity index (χ0n) is 12.9. The standard InChI is InChI=1S/C16H23N3O3/c1-13(21)19-11-7-16(19,15(22)18-10-12-20)6-2-3-14-4-8-17-9-5-14/h4-5,8-9,20H,2-3,6-7,10-12H2,1H3,(H,18,22)/t16-/m0/s1. The minimum atomic E-state index is -0.742. The van der Waals surface area contributed by atoms with E-state index in [9.17, 15) is 9.59 Å². The van der Waals surface area contributed by atoms with Gasteiger partial charge in [-0.25, -0.2) is 0 Å². The average Bonchev–Trinajstić information content (AvgIpc) is 2.48. The molecule has 0 aliphatic carbocycles. The van der Waals surface area contributed by atoms with Gasteiger partial charge in [-0.3, -0.25) is 14.6 Å². The number of aromatic nitrogens is 1. The van der Waals surface area contributed by atoms with Gasteiger partial charge in [-0.05, 0) is 43.4 Å². The molecule has 1 fully saturated rings. The summed E-state index contributed by atoms with van der Waals surface area (Å²) >= 11 is 0. The van der Waals surface area contributed by atoms with E-state index in [4.69, 9.17) is 5.11 Å². The molecule has 1 aromatic heterocycles. The van der Waals surface area contributed by atoms with Crippen molar-refractivity contribution in [1.29, 1.82) is 0 Å². The molecule has 2 amide bonds. The van der Waals surface area contributed by atoms with Crippen molar-refractivity contribution in [2.45, 2.75) is 38.1 Å². The van der Waals surface area contributed by atoms with Crippen LogP contribution in [0.25, 0.3) is 0 Å². The van der Waals surface area contributed by atoms with Crippen molar-refractivity contribution in [2.75, 3.05) is 19.7 Å². The third kappa shape index (κ3) is 3.44. The highest BCUT2D eigenvalue weighted by Gasteiger charge is 2.51. The molecule has 1 aromatic rings. The number of carbonyl (C=O) groups is 2. The Morgan fingerprint density at radius 2 is 2.14 bits per heavy atom. The molecule has 0 unspecified atom stereocenters. The van der Waals surface area contributed by atoms with Gasteiger partial charge in [-0.1, -0.05) is 0 Å². The van der Waals surface area contributed by atoms with Gasteiger partial charge in [0.1, 0.15) is 5.54 Å². The first kappa shape index (κ1) is 16.4. The van der Waals surface area contributed by atoms with Crippen LogP contribution in [0.4, 0.5) is 0 Å². The van der Waals surface area contributed by atoms with Crippen molar-refractivity contribution < 1.29 is 14.7 Å². The van der Waals surface area contributed by atoms with Gasteiger partial charge >= 0.3 is 0 Å². The molecule has 1 saturated heterocycles. The third-order valence-electron chi connectivity index (χ3n) is 4.27. The van der Waals surface area contributed by atoms with E-state index in [2.05, 4.69) is 10.3 Å². The Kier molecular flexibility index (Phi) is 5.49. The minimum Gasteiger partial charge on any atom is -0.395 e. The highest BCUT2D eigenvalue weighted by Crippen LogP contribution is 2.36. The summed E-state index contributed by atoms with van der Waals surface area (Å²) < 4.78 is 0. The largest absolute Gasteiger partial charge is 0.395 e. The SMILES string of the molecule is CC(=O)N1CC[C@@]1(CCCc1ccncc1)C(=O)NCCO. The third-order valence-corrected chi connectivity index (χ3v) is 4.27. The fourth-order valence-electron chi connectivity index (χ4n) is 3.03. The highest BCUT2D eigenvalue weighted by atomic mass is 16.3. The average molecular weight is 305 g/mol. The van der Waals surface area contributed by atoms with E-state index in [1.807, 2.05) is 12.1 Å². The molecular formula is C16H23N3O3. The van der Waals surface area contributed by atoms with Crippen LogP contribution in [0.2, 0.25) is 0 Å². The number of aliphatic hydroxyl groups is 1. The van der Waals surface area contributed by atoms with Crippen molar-refractivity contribution in [1.82, 2.24) is 15.2 Å². The molecule has 6 nitrogen and oxygen atoms in total. The van der Waals surface area contributed by atoms with Gasteiger partial charge < -0.3 is 15.3 Å². The number of hydrogen-bond donors (Lipinski definition) is 2. The normalized spacial score (nSPS) is 20.4. The number of nitrogens with one attached hydrogen (secondary N) is 1. The monoisotopic (exact) mass is 305 g/mol. The predicted octanol–water partition coefficient (Wildman–Crippen LogP) is 0.504. The minimum absolute atomic E-state index is 0.0747. The summed E-state index contributed by atoms with van der Waals surface area (Å²) in [6, 6.07) is 3.92. The Hall–Kier alpha value is -1.95. The van der Waals surface area contributed by atoms with Crippen LogP contribution in [0.5, 0.6) is 0 Å². The first-order valence-corrected chi connectivity index (χ1v) is 7.66. The molecule has 2 rings (SSSR count). The molecule has 6 heteroatoms. The van der Waals surface area contributed by atoms with Crippen LogP contribution in [-0.4, -0.2) is 52.0 Å². The van der Waals surface area contributed by atoms with Gasteiger partial charge in [0.05, 0.1) is 6.61 Å². The fraction of sp³-hybridized carbons (Fsp3) is 0.562. The van der Waals surface area contributed by atoms with E-state index in [1.54, 1.807) is 17.3 Å². The molecule has 2 heterocycles. The van der Waals surface area contributed by atoms with Crippen molar-refractivity contribution >= 4 is 11.8 Å². The topological polar surface area (TPSA) is 82.5 Å². The van der Waals surface area contributed by atoms with E-state index >= 15 is 0 Å². The van der Waals surface area contributed by atoms with Crippen molar-refractivity contribution in [3.8, 4) is 0 Å². The Morgan fingerprint density at radius 1 is 1.41 bits per heavy atom. The van der Waals surface area contributed by atoms with Crippen LogP contribution in [0, 0.1) is 0 Å². The lowest BCUT2D eigenvalue weighted by Gasteiger charge is -2.51. The van der Waals surface area contributed by atoms with Gasteiger partial charge in [-0.2, -0.15) is 0 Å². The molecule has 0 radical (unpaired) electrons. The lowest BCUT2D eigenvalue weighted by Crippen LogP contribution is -2.68. The zero-order valence-corrected chi connectivity index (χ0v) is 12.9. The Morgan fingerprint density at radius 3 is 2.68 bits per heavy atom. The van der Waals surface area contributed by atoms with Gasteiger partial charge in [-0.15, -0.1) is 0 Å². The first-order chi connectivity index (χ1) is 10.6. The molecule has 1 atom stereocenters. The van der Waals surface area contributed by atoms with Crippen LogP contribution in [0.15, 0.2) is 24.5 Å². The molecular weight excluding hydrogens is 282 g/mol. The summed E-state index contributed by atoms with van der Waals surface area (Å²) in [6.45, 7) is 2.24. The predicted molar refractivity (Wildman–Crippen MR) is 82.0 cm³/mol. The van der Waals surface area contributed by atoms with Crippen LogP contribution in [0.1, 0.15) is 31.7 Å². The zero-order chi connectivity index (χ0) is 16.0. The quantitative estimate of drug-likeness (QED) is 0.769. The van der Waals surface area contributed by atoms with E-state index in [0.717, 1.165) is 12.8 Å². The van der Waals surface area contributed by atoms with Crippen molar-refractivity contribution in [3.05, 3.63) is 30.1 Å². The van der Waals surface area contributed by atoms with Crippen LogP contribution >= 0.6 is 0 Å². The number of carbonyl (C=O) groups excluding carboxylic acids is 2. The number of aliphatic hydroxyl groups excluding tert-OH is 1. The second-order valence-electron chi connectivity index (χ2n) is 5.64. The van der Waals surface area contributed by atoms with E-state index in [0.29, 0.717) is 19.4 Å². The van der Waals surface area contributed by atoms with Crippen molar-refractivity contribution in [2.24, 2.45) is 0 Å². The number of likely N-dealkylation sites (tertiary alicyclic amines) is 1. The maximum absolute atomic E-state index is 12.4. The lowest BCUT2D eigenvalue weighted by atomic mass is 9.78. The molecule has 120 valence electrons. The van der Waals surface area contributed by atoms with Gasteiger partial charge in [0.2, 0.25) is 11.8 Å². The van der Waals surface area contributed by atoms with Crippen LogP contribution in [0.3, 0.4) is 0 Å². The molecule has 0 aromatic carbocycles. The summed E-state index contributed by atoms with van der Waals surface area (Å²) in [5.74, 6) is -0.230. The molecule has 0 spiro atoms. The first-order valence-electron chi connectivity index (χ1n) is 7.66. The Labute approximate surface area is 130 Å². The summed E-state index contributed by atoms with van der Waals surface area (Å²) in [5, 5.41) is 11.6. The van der Waals surface area contributed by atoms with Crippen LogP contribution in [-0.2, 0) is 16.0 Å². The van der Waals surface area contributed by atoms with E-state index in [1.165, 1.54) is 12.5 Å². The Balaban J connectivity index is 1.99. The highest BCUT2D eigenvalue weighted by molar-refractivity contribution is 5.92. The summed E-state index contributed by atoms with van der Waals surface area (Å²) in [6.07, 6.45) is 6.49. The molecule has 0 bridgehead atoms. The number of rotatable bonds is 7. The van der Waals surface area contributed by atoms with Gasteiger partial charge in [0, 0.05) is 32.4 Å². The molecule has 0 saturated carbocycles. The molecule has 1 aliphatic heterocycles. The summed E-state index contributed by atoms with van der Waals surface area (Å²) in [4.78, 5) is 29.8. The maximum atomic E-state index is 12.4. The summed E-state index contributed by atoms with van der Waals surface area (Å²) in [5.41, 5.74) is 0.434. The second-order valence-corrected chi connectivity index (χ2v) is 5.64. The number of nitrogens with zero attached hydrogens (tertiary/aromatic N) is 2. The van der Waals surface area contributed by atoms with E-state index in [-0.39, 0.29) is 25.0 Å². The molecule has 2 N–H and O–H groups in total. The van der Waals surface area contributed by atoms with Gasteiger partial charge in [0.15, 0.2) is 0 Å². The van der Waals surface area contributed by atoms with E-state index < -0.39 is 5.54 Å². The number of pyridine rings is 1. The lowest BCUT2D eigenvalue weighted by molar-refractivity contribution is -0.158. The molecule has 22 heavy (non-hydrogen) atoms. The second kappa shape index (κ2) is 7.35. The summed E-state index contributed by atoms with van der Waals surface area (Å²) in [7, 11) is 0. The molecule has 1 aliphatic rings. The maximum Gasteiger partial charge on any atom is 0.246 e. The number of hydrogen-bond acceptors (Lipinski definition) is 4. The van der Waals surface area contributed by atoms with Crippen molar-refractivity contribution in [3.63, 3.8) is 0 Å². The number of aryl methyl sites for hydroxylation is 1. The number of amides is 2. The smallest absolute Gasteiger partial charge is 0.246 e.